The van der Waals surface area contributed by atoms with E-state index in [0.29, 0.717) is 10.8 Å². The number of nitrogens with one attached hydrogen (secondary N) is 1. The predicted octanol–water partition coefficient (Wildman–Crippen LogP) is 5.43. The van der Waals surface area contributed by atoms with E-state index in [2.05, 4.69) is 9.97 Å². The van der Waals surface area contributed by atoms with Crippen LogP contribution in [0.4, 0.5) is 0 Å². The molecule has 0 saturated heterocycles. The number of hydrogen-bond acceptors (Lipinski definition) is 5. The van der Waals surface area contributed by atoms with Gasteiger partial charge in [0.05, 0.1) is 6.61 Å². The van der Waals surface area contributed by atoms with Gasteiger partial charge in [0.25, 0.3) is 11.5 Å². The summed E-state index contributed by atoms with van der Waals surface area (Å²) in [5, 5.41) is 10.2. The molecule has 0 spiro atoms. The topological polar surface area (TPSA) is 95.5 Å². The Kier molecular flexibility index (Phi) is 10.4. The Morgan fingerprint density at radius 3 is 2.45 bits per heavy atom. The molecule has 200 valence electrons. The molecule has 7 nitrogen and oxygen atoms in total. The third-order valence-electron chi connectivity index (χ3n) is 6.03. The van der Waals surface area contributed by atoms with E-state index in [0.717, 1.165) is 22.3 Å². The first-order chi connectivity index (χ1) is 18.3. The minimum Gasteiger partial charge on any atom is -0.481 e. The van der Waals surface area contributed by atoms with E-state index in [4.69, 9.17) is 16.3 Å². The zero-order chi connectivity index (χ0) is 27.7. The van der Waals surface area contributed by atoms with Gasteiger partial charge in [-0.3, -0.25) is 9.59 Å². The van der Waals surface area contributed by atoms with Gasteiger partial charge in [-0.25, -0.2) is 4.98 Å². The van der Waals surface area contributed by atoms with Crippen LogP contribution in [0.2, 0.25) is 5.02 Å². The largest absolute Gasteiger partial charge is 0.481 e. The van der Waals surface area contributed by atoms with Gasteiger partial charge in [-0.1, -0.05) is 72.3 Å². The van der Waals surface area contributed by atoms with Crippen molar-refractivity contribution in [1.29, 1.82) is 0 Å². The van der Waals surface area contributed by atoms with E-state index in [9.17, 15) is 14.7 Å². The van der Waals surface area contributed by atoms with Gasteiger partial charge in [-0.15, -0.1) is 0 Å². The van der Waals surface area contributed by atoms with Gasteiger partial charge < -0.3 is 19.7 Å². The first-order valence-electron chi connectivity index (χ1n) is 12.6. The lowest BCUT2D eigenvalue weighted by molar-refractivity contribution is 0.0654. The quantitative estimate of drug-likeness (QED) is 0.319. The van der Waals surface area contributed by atoms with Crippen LogP contribution in [-0.2, 0) is 6.42 Å². The van der Waals surface area contributed by atoms with Crippen molar-refractivity contribution < 1.29 is 14.6 Å². The smallest absolute Gasteiger partial charge is 0.294 e. The molecule has 0 radical (unpaired) electrons. The van der Waals surface area contributed by atoms with Crippen molar-refractivity contribution in [2.24, 2.45) is 0 Å². The molecule has 0 atom stereocenters. The van der Waals surface area contributed by atoms with Gasteiger partial charge >= 0.3 is 0 Å². The molecule has 1 aromatic heterocycles. The van der Waals surface area contributed by atoms with Crippen molar-refractivity contribution in [3.8, 4) is 16.9 Å². The molecule has 1 heterocycles. The Labute approximate surface area is 228 Å². The van der Waals surface area contributed by atoms with Crippen LogP contribution in [0.15, 0.2) is 77.1 Å². The molecule has 2 aromatic carbocycles. The number of rotatable bonds is 11. The highest BCUT2D eigenvalue weighted by atomic mass is 35.5. The molecule has 38 heavy (non-hydrogen) atoms. The van der Waals surface area contributed by atoms with Crippen molar-refractivity contribution in [3.05, 3.63) is 105 Å². The Bertz CT molecular complexity index is 1380. The van der Waals surface area contributed by atoms with Crippen molar-refractivity contribution in [1.82, 2.24) is 14.9 Å². The Balaban J connectivity index is 2.09. The van der Waals surface area contributed by atoms with E-state index in [-0.39, 0.29) is 43.7 Å². The van der Waals surface area contributed by atoms with Gasteiger partial charge in [-0.05, 0) is 50.5 Å². The average Bonchev–Trinajstić information content (AvgIpc) is 2.90. The molecule has 0 saturated carbocycles. The number of aliphatic hydroxyl groups is 1. The number of carbonyl (C=O) groups excluding carboxylic acids is 1. The van der Waals surface area contributed by atoms with E-state index in [1.54, 1.807) is 0 Å². The number of ether oxygens (including phenoxy) is 1. The summed E-state index contributed by atoms with van der Waals surface area (Å²) in [5.74, 6) is -0.313. The Morgan fingerprint density at radius 1 is 1.13 bits per heavy atom. The summed E-state index contributed by atoms with van der Waals surface area (Å²) in [7, 11) is 0. The molecule has 8 heteroatoms. The summed E-state index contributed by atoms with van der Waals surface area (Å²) in [5.41, 5.74) is 2.87. The highest BCUT2D eigenvalue weighted by Crippen LogP contribution is 2.31. The summed E-state index contributed by atoms with van der Waals surface area (Å²) in [6, 6.07) is 15.0. The lowest BCUT2D eigenvalue weighted by Gasteiger charge is -2.26. The molecular weight excluding hydrogens is 502 g/mol. The van der Waals surface area contributed by atoms with E-state index in [1.807, 2.05) is 94.5 Å². The predicted molar refractivity (Wildman–Crippen MR) is 152 cm³/mol. The molecule has 1 amide bonds. The van der Waals surface area contributed by atoms with Gasteiger partial charge in [-0.2, -0.15) is 0 Å². The lowest BCUT2D eigenvalue weighted by Crippen LogP contribution is -2.40. The molecule has 3 aromatic rings. The van der Waals surface area contributed by atoms with Gasteiger partial charge in [0.2, 0.25) is 5.75 Å². The maximum Gasteiger partial charge on any atom is 0.294 e. The molecule has 0 fully saturated rings. The minimum absolute atomic E-state index is 0.0861. The summed E-state index contributed by atoms with van der Waals surface area (Å²) in [6.07, 6.45) is 5.87. The van der Waals surface area contributed by atoms with Gasteiger partial charge in [0.1, 0.15) is 12.4 Å². The first kappa shape index (κ1) is 28.9. The van der Waals surface area contributed by atoms with Gasteiger partial charge in [0.15, 0.2) is 5.69 Å². The molecule has 0 aliphatic heterocycles. The van der Waals surface area contributed by atoms with Crippen LogP contribution in [0.3, 0.4) is 0 Å². The van der Waals surface area contributed by atoms with E-state index < -0.39 is 11.5 Å². The van der Waals surface area contributed by atoms with Crippen LogP contribution in [0, 0.1) is 0 Å². The second-order valence-electron chi connectivity index (χ2n) is 8.97. The average molecular weight is 536 g/mol. The molecule has 0 unspecified atom stereocenters. The number of hydrogen-bond donors (Lipinski definition) is 2. The first-order valence-corrected chi connectivity index (χ1v) is 13.0. The number of nitrogens with zero attached hydrogens (tertiary/aromatic N) is 2. The van der Waals surface area contributed by atoms with Crippen molar-refractivity contribution in [3.63, 3.8) is 0 Å². The third-order valence-corrected chi connectivity index (χ3v) is 6.36. The summed E-state index contributed by atoms with van der Waals surface area (Å²) in [6.45, 7) is 7.42. The summed E-state index contributed by atoms with van der Waals surface area (Å²) >= 11 is 6.47. The maximum absolute atomic E-state index is 13.6. The molecule has 3 rings (SSSR count). The molecule has 0 aliphatic rings. The second-order valence-corrected chi connectivity index (χ2v) is 9.38. The lowest BCUT2D eigenvalue weighted by atomic mass is 9.97. The summed E-state index contributed by atoms with van der Waals surface area (Å²) < 4.78 is 5.86. The Morgan fingerprint density at radius 2 is 1.82 bits per heavy atom. The van der Waals surface area contributed by atoms with Crippen molar-refractivity contribution in [2.75, 3.05) is 19.8 Å². The van der Waals surface area contributed by atoms with Crippen LogP contribution in [0.25, 0.3) is 11.1 Å². The number of H-pyrrole nitrogens is 1. The van der Waals surface area contributed by atoms with Crippen LogP contribution < -0.4 is 10.3 Å². The normalized spacial score (nSPS) is 11.8. The van der Waals surface area contributed by atoms with Crippen LogP contribution >= 0.6 is 11.6 Å². The molecule has 0 bridgehead atoms. The van der Waals surface area contributed by atoms with E-state index in [1.165, 1.54) is 4.90 Å². The van der Waals surface area contributed by atoms with Crippen molar-refractivity contribution in [2.45, 2.75) is 40.2 Å². The van der Waals surface area contributed by atoms with Crippen LogP contribution in [-0.4, -0.2) is 51.7 Å². The standard InChI is InChI=1S/C30H34ClN3O4/c1-5-11-21(6-2)19-38-28-27(30(37)34(16-17-35)20(3)4)32-26(33-29(28)36)18-22-12-7-8-13-23(22)24-14-9-10-15-25(24)31/h5-15,20,35H,16-19H2,1-4H3,(H,32,33,36). The maximum atomic E-state index is 13.6. The minimum atomic E-state index is -0.544. The SMILES string of the molecule is CC=CC(=CC)COc1c(C(=O)N(CCO)C(C)C)nc(Cc2ccccc2-c2ccccc2Cl)[nH]c1=O. The van der Waals surface area contributed by atoms with E-state index >= 15 is 0 Å². The highest BCUT2D eigenvalue weighted by Gasteiger charge is 2.27. The molecule has 0 aliphatic carbocycles. The number of amides is 1. The Hall–Kier alpha value is -3.68. The molecular formula is C30H34ClN3O4. The third kappa shape index (κ3) is 7.00. The fourth-order valence-electron chi connectivity index (χ4n) is 4.10. The number of allylic oxidation sites excluding steroid dienone is 2. The van der Waals surface area contributed by atoms with Gasteiger partial charge in [0, 0.05) is 29.6 Å². The van der Waals surface area contributed by atoms with Crippen molar-refractivity contribution >= 4 is 17.5 Å². The number of carbonyl (C=O) groups is 1. The number of halogens is 1. The number of aromatic nitrogens is 2. The zero-order valence-electron chi connectivity index (χ0n) is 22.2. The number of aliphatic hydroxyl groups excluding tert-OH is 1. The van der Waals surface area contributed by atoms with Crippen LogP contribution in [0.5, 0.6) is 5.75 Å². The fraction of sp³-hybridized carbons (Fsp3) is 0.300. The highest BCUT2D eigenvalue weighted by molar-refractivity contribution is 6.33. The van der Waals surface area contributed by atoms with Crippen LogP contribution in [0.1, 0.15) is 49.6 Å². The summed E-state index contributed by atoms with van der Waals surface area (Å²) in [4.78, 5) is 35.7. The number of benzene rings is 2. The molecule has 2 N–H and O–H groups in total. The zero-order valence-corrected chi connectivity index (χ0v) is 23.0. The second kappa shape index (κ2) is 13.7. The fourth-order valence-corrected chi connectivity index (χ4v) is 4.34. The number of aromatic amines is 1. The monoisotopic (exact) mass is 535 g/mol.